The summed E-state index contributed by atoms with van der Waals surface area (Å²) in [5.74, 6) is -0.958. The molecule has 0 bridgehead atoms. The van der Waals surface area contributed by atoms with Gasteiger partial charge in [-0.05, 0) is 25.0 Å². The van der Waals surface area contributed by atoms with Gasteiger partial charge >= 0.3 is 6.18 Å². The van der Waals surface area contributed by atoms with E-state index in [1.54, 1.807) is 0 Å². The highest BCUT2D eigenvalue weighted by Crippen LogP contribution is 2.46. The summed E-state index contributed by atoms with van der Waals surface area (Å²) in [5.41, 5.74) is 5.23. The van der Waals surface area contributed by atoms with E-state index < -0.39 is 17.3 Å². The Labute approximate surface area is 139 Å². The monoisotopic (exact) mass is 367 g/mol. The molecule has 0 aliphatic heterocycles. The summed E-state index contributed by atoms with van der Waals surface area (Å²) >= 11 is 12.4. The first kappa shape index (κ1) is 17.3. The molecule has 118 valence electrons. The van der Waals surface area contributed by atoms with Crippen LogP contribution in [0.3, 0.4) is 0 Å². The van der Waals surface area contributed by atoms with Gasteiger partial charge in [0.1, 0.15) is 11.3 Å². The van der Waals surface area contributed by atoms with Gasteiger partial charge in [0.15, 0.2) is 0 Å². The molecule has 22 heavy (non-hydrogen) atoms. The first-order chi connectivity index (χ1) is 10.2. The lowest BCUT2D eigenvalue weighted by atomic mass is 10.1. The fourth-order valence-corrected chi connectivity index (χ4v) is 2.96. The van der Waals surface area contributed by atoms with Crippen molar-refractivity contribution in [2.24, 2.45) is 16.1 Å². The smallest absolute Gasteiger partial charge is 0.386 e. The van der Waals surface area contributed by atoms with Gasteiger partial charge in [-0.15, -0.1) is 11.8 Å². The van der Waals surface area contributed by atoms with Gasteiger partial charge in [0, 0.05) is 4.90 Å². The normalized spacial score (nSPS) is 17.2. The number of amidine groups is 1. The van der Waals surface area contributed by atoms with Crippen molar-refractivity contribution in [2.45, 2.75) is 23.9 Å². The van der Waals surface area contributed by atoms with Crippen LogP contribution in [0.4, 0.5) is 18.9 Å². The third kappa shape index (κ3) is 4.00. The summed E-state index contributed by atoms with van der Waals surface area (Å²) in [6.45, 7) is 0. The maximum absolute atomic E-state index is 12.3. The molecule has 1 fully saturated rings. The zero-order valence-corrected chi connectivity index (χ0v) is 13.4. The lowest BCUT2D eigenvalue weighted by molar-refractivity contribution is -0.105. The van der Waals surface area contributed by atoms with Gasteiger partial charge in [0.2, 0.25) is 0 Å². The molecular weight excluding hydrogens is 358 g/mol. The maximum Gasteiger partial charge on any atom is 0.398 e. The van der Waals surface area contributed by atoms with Crippen molar-refractivity contribution in [2.75, 3.05) is 5.75 Å². The standard InChI is InChI=1S/C13H10Cl2F3N3S/c14-7-3-8(15)10(22-6-13(16,17)18)4-9(7)21-11(20)12(5-19)1-2-12/h3-4H,1-2,6H2,(H2,20,21). The van der Waals surface area contributed by atoms with Crippen molar-refractivity contribution in [3.05, 3.63) is 22.2 Å². The summed E-state index contributed by atoms with van der Waals surface area (Å²) in [4.78, 5) is 4.30. The number of nitrogens with two attached hydrogens (primary N) is 1. The Morgan fingerprint density at radius 2 is 2.00 bits per heavy atom. The van der Waals surface area contributed by atoms with Crippen LogP contribution in [0.2, 0.25) is 10.0 Å². The second kappa shape index (κ2) is 6.19. The highest BCUT2D eigenvalue weighted by Gasteiger charge is 2.47. The number of nitriles is 1. The summed E-state index contributed by atoms with van der Waals surface area (Å²) < 4.78 is 36.9. The molecule has 9 heteroatoms. The Morgan fingerprint density at radius 1 is 1.36 bits per heavy atom. The van der Waals surface area contributed by atoms with Crippen LogP contribution in [0.15, 0.2) is 22.0 Å². The Kier molecular flexibility index (Phi) is 4.85. The lowest BCUT2D eigenvalue weighted by Crippen LogP contribution is -2.23. The van der Waals surface area contributed by atoms with Gasteiger partial charge in [-0.3, -0.25) is 0 Å². The largest absolute Gasteiger partial charge is 0.398 e. The van der Waals surface area contributed by atoms with Gasteiger partial charge in [-0.2, -0.15) is 18.4 Å². The van der Waals surface area contributed by atoms with Crippen LogP contribution in [0, 0.1) is 16.7 Å². The highest BCUT2D eigenvalue weighted by molar-refractivity contribution is 7.99. The first-order valence-corrected chi connectivity index (χ1v) is 7.85. The molecule has 1 aromatic carbocycles. The van der Waals surface area contributed by atoms with Gasteiger partial charge < -0.3 is 5.73 Å². The van der Waals surface area contributed by atoms with E-state index in [9.17, 15) is 13.2 Å². The van der Waals surface area contributed by atoms with E-state index in [2.05, 4.69) is 11.1 Å². The minimum atomic E-state index is -4.31. The Balaban J connectivity index is 2.29. The van der Waals surface area contributed by atoms with Crippen LogP contribution in [0.25, 0.3) is 0 Å². The van der Waals surface area contributed by atoms with Crippen LogP contribution in [0.5, 0.6) is 0 Å². The van der Waals surface area contributed by atoms with Crippen molar-refractivity contribution in [1.82, 2.24) is 0 Å². The molecule has 0 amide bonds. The van der Waals surface area contributed by atoms with Crippen LogP contribution in [0.1, 0.15) is 12.8 Å². The Morgan fingerprint density at radius 3 is 2.50 bits per heavy atom. The number of alkyl halides is 3. The van der Waals surface area contributed by atoms with Crippen LogP contribution in [-0.2, 0) is 0 Å². The number of halogens is 5. The summed E-state index contributed by atoms with van der Waals surface area (Å²) in [6, 6.07) is 4.75. The predicted octanol–water partition coefficient (Wildman–Crippen LogP) is 4.94. The molecule has 1 saturated carbocycles. The molecule has 1 aliphatic rings. The number of rotatable bonds is 4. The van der Waals surface area contributed by atoms with Gasteiger partial charge in [0.05, 0.1) is 27.6 Å². The highest BCUT2D eigenvalue weighted by atomic mass is 35.5. The zero-order chi connectivity index (χ0) is 16.5. The summed E-state index contributed by atoms with van der Waals surface area (Å²) in [6.07, 6.45) is -3.09. The van der Waals surface area contributed by atoms with Crippen molar-refractivity contribution in [3.8, 4) is 6.07 Å². The van der Waals surface area contributed by atoms with E-state index in [1.165, 1.54) is 12.1 Å². The number of hydrogen-bond donors (Lipinski definition) is 1. The minimum Gasteiger partial charge on any atom is -0.386 e. The predicted molar refractivity (Wildman–Crippen MR) is 81.8 cm³/mol. The second-order valence-electron chi connectivity index (χ2n) is 4.83. The first-order valence-electron chi connectivity index (χ1n) is 6.11. The fourth-order valence-electron chi connectivity index (χ4n) is 1.66. The average Bonchev–Trinajstić information content (AvgIpc) is 3.20. The third-order valence-electron chi connectivity index (χ3n) is 3.09. The number of aliphatic imine (C=N–C) groups is 1. The van der Waals surface area contributed by atoms with E-state index in [0.29, 0.717) is 24.6 Å². The number of nitrogens with zero attached hydrogens (tertiary/aromatic N) is 2. The summed E-state index contributed by atoms with van der Waals surface area (Å²) in [5, 5.41) is 9.33. The molecule has 0 atom stereocenters. The van der Waals surface area contributed by atoms with Gasteiger partial charge in [0.25, 0.3) is 0 Å². The van der Waals surface area contributed by atoms with Crippen LogP contribution < -0.4 is 5.73 Å². The van der Waals surface area contributed by atoms with Crippen LogP contribution >= 0.6 is 35.0 Å². The van der Waals surface area contributed by atoms with Crippen molar-refractivity contribution in [1.29, 1.82) is 5.26 Å². The van der Waals surface area contributed by atoms with E-state index in [-0.39, 0.29) is 26.5 Å². The van der Waals surface area contributed by atoms with Gasteiger partial charge in [-0.1, -0.05) is 23.2 Å². The molecule has 1 aliphatic carbocycles. The van der Waals surface area contributed by atoms with Crippen molar-refractivity contribution >= 4 is 46.5 Å². The molecule has 0 spiro atoms. The molecule has 2 N–H and O–H groups in total. The number of hydrogen-bond acceptors (Lipinski definition) is 3. The molecule has 0 saturated heterocycles. The van der Waals surface area contributed by atoms with Crippen molar-refractivity contribution in [3.63, 3.8) is 0 Å². The molecule has 0 unspecified atom stereocenters. The fraction of sp³-hybridized carbons (Fsp3) is 0.385. The molecule has 0 radical (unpaired) electrons. The van der Waals surface area contributed by atoms with E-state index in [4.69, 9.17) is 34.2 Å². The molecule has 0 heterocycles. The molecule has 3 nitrogen and oxygen atoms in total. The average molecular weight is 368 g/mol. The topological polar surface area (TPSA) is 62.2 Å². The molecule has 0 aromatic heterocycles. The van der Waals surface area contributed by atoms with E-state index >= 15 is 0 Å². The minimum absolute atomic E-state index is 0.109. The quantitative estimate of drug-likeness (QED) is 0.465. The zero-order valence-electron chi connectivity index (χ0n) is 11.0. The SMILES string of the molecule is N#CC1(/C(N)=N/c2cc(SCC(F)(F)F)c(Cl)cc2Cl)CC1. The lowest BCUT2D eigenvalue weighted by Gasteiger charge is -2.10. The van der Waals surface area contributed by atoms with E-state index in [1.807, 2.05) is 0 Å². The molecular formula is C13H10Cl2F3N3S. The number of thioether (sulfide) groups is 1. The molecule has 2 rings (SSSR count). The summed E-state index contributed by atoms with van der Waals surface area (Å²) in [7, 11) is 0. The van der Waals surface area contributed by atoms with Crippen LogP contribution in [-0.4, -0.2) is 17.8 Å². The maximum atomic E-state index is 12.3. The second-order valence-corrected chi connectivity index (χ2v) is 6.66. The van der Waals surface area contributed by atoms with Gasteiger partial charge in [-0.25, -0.2) is 4.99 Å². The number of benzene rings is 1. The Bertz CT molecular complexity index is 664. The third-order valence-corrected chi connectivity index (χ3v) is 4.94. The van der Waals surface area contributed by atoms with Crippen molar-refractivity contribution < 1.29 is 13.2 Å². The Hall–Kier alpha value is -1.10. The molecule has 1 aromatic rings. The van der Waals surface area contributed by atoms with E-state index in [0.717, 1.165) is 0 Å².